The molecule has 0 bridgehead atoms. The van der Waals surface area contributed by atoms with Crippen LogP contribution in [0.5, 0.6) is 0 Å². The molecule has 1 heterocycles. The van der Waals surface area contributed by atoms with Crippen molar-refractivity contribution < 1.29 is 13.2 Å². The molecule has 1 aliphatic rings. The van der Waals surface area contributed by atoms with Gasteiger partial charge in [-0.15, -0.1) is 0 Å². The zero-order chi connectivity index (χ0) is 13.8. The molecule has 0 radical (unpaired) electrons. The maximum Gasteiger partial charge on any atom is 0.222 e. The summed E-state index contributed by atoms with van der Waals surface area (Å²) in [6.07, 6.45) is 0. The van der Waals surface area contributed by atoms with Crippen molar-refractivity contribution in [1.82, 2.24) is 14.5 Å². The lowest BCUT2D eigenvalue weighted by atomic mass is 10.2. The van der Waals surface area contributed by atoms with Crippen LogP contribution in [-0.4, -0.2) is 69.1 Å². The highest BCUT2D eigenvalue weighted by molar-refractivity contribution is 7.89. The van der Waals surface area contributed by atoms with E-state index in [0.717, 1.165) is 13.1 Å². The number of hydrogen-bond donors (Lipinski definition) is 1. The standard InChI is InChI=1S/C11H23N3O3S/c1-10(2)11(15)12-4-9-18(16,17)14-7-5-13(3)6-8-14/h10H,4-9H2,1-3H3,(H,12,15). The normalized spacial score (nSPS) is 19.1. The minimum absolute atomic E-state index is 0.0187. The summed E-state index contributed by atoms with van der Waals surface area (Å²) in [5.74, 6) is -0.241. The van der Waals surface area contributed by atoms with E-state index >= 15 is 0 Å². The Bertz CT molecular complexity index is 373. The van der Waals surface area contributed by atoms with E-state index in [1.165, 1.54) is 4.31 Å². The van der Waals surface area contributed by atoms with Gasteiger partial charge in [0, 0.05) is 38.6 Å². The third kappa shape index (κ3) is 4.55. The van der Waals surface area contributed by atoms with Gasteiger partial charge in [-0.1, -0.05) is 13.8 Å². The van der Waals surface area contributed by atoms with Crippen LogP contribution >= 0.6 is 0 Å². The SMILES string of the molecule is CC(C)C(=O)NCCS(=O)(=O)N1CCN(C)CC1. The number of hydrogen-bond acceptors (Lipinski definition) is 4. The molecule has 1 amide bonds. The Labute approximate surface area is 109 Å². The van der Waals surface area contributed by atoms with Gasteiger partial charge in [0.25, 0.3) is 0 Å². The third-order valence-corrected chi connectivity index (χ3v) is 4.91. The minimum atomic E-state index is -3.24. The van der Waals surface area contributed by atoms with E-state index in [9.17, 15) is 13.2 Å². The van der Waals surface area contributed by atoms with E-state index in [-0.39, 0.29) is 24.1 Å². The highest BCUT2D eigenvalue weighted by Crippen LogP contribution is 2.06. The lowest BCUT2D eigenvalue weighted by molar-refractivity contribution is -0.123. The molecule has 7 heteroatoms. The van der Waals surface area contributed by atoms with E-state index in [2.05, 4.69) is 10.2 Å². The van der Waals surface area contributed by atoms with Gasteiger partial charge in [-0.3, -0.25) is 4.79 Å². The largest absolute Gasteiger partial charge is 0.355 e. The molecule has 0 aromatic carbocycles. The quantitative estimate of drug-likeness (QED) is 0.724. The zero-order valence-corrected chi connectivity index (χ0v) is 12.2. The molecule has 0 spiro atoms. The number of rotatable bonds is 5. The van der Waals surface area contributed by atoms with Crippen molar-refractivity contribution in [2.75, 3.05) is 45.5 Å². The molecule has 6 nitrogen and oxygen atoms in total. The van der Waals surface area contributed by atoms with Gasteiger partial charge in [0.15, 0.2) is 0 Å². The van der Waals surface area contributed by atoms with Crippen LogP contribution in [0, 0.1) is 5.92 Å². The van der Waals surface area contributed by atoms with Crippen molar-refractivity contribution in [3.8, 4) is 0 Å². The van der Waals surface area contributed by atoms with Crippen LogP contribution in [0.25, 0.3) is 0 Å². The smallest absolute Gasteiger partial charge is 0.222 e. The van der Waals surface area contributed by atoms with Crippen LogP contribution in [0.3, 0.4) is 0 Å². The number of sulfonamides is 1. The Kier molecular flexibility index (Phi) is 5.55. The highest BCUT2D eigenvalue weighted by Gasteiger charge is 2.25. The molecular weight excluding hydrogens is 254 g/mol. The summed E-state index contributed by atoms with van der Waals surface area (Å²) < 4.78 is 25.5. The average molecular weight is 277 g/mol. The number of carbonyl (C=O) groups excluding carboxylic acids is 1. The molecule has 1 N–H and O–H groups in total. The molecule has 0 aromatic rings. The summed E-state index contributed by atoms with van der Waals surface area (Å²) in [7, 11) is -1.26. The third-order valence-electron chi connectivity index (χ3n) is 3.04. The van der Waals surface area contributed by atoms with Crippen LogP contribution < -0.4 is 5.32 Å². The Morgan fingerprint density at radius 1 is 1.22 bits per heavy atom. The van der Waals surface area contributed by atoms with Crippen molar-refractivity contribution in [3.63, 3.8) is 0 Å². The minimum Gasteiger partial charge on any atom is -0.355 e. The van der Waals surface area contributed by atoms with Crippen LogP contribution in [0.15, 0.2) is 0 Å². The van der Waals surface area contributed by atoms with Gasteiger partial charge in [-0.25, -0.2) is 8.42 Å². The lowest BCUT2D eigenvalue weighted by Gasteiger charge is -2.31. The van der Waals surface area contributed by atoms with Gasteiger partial charge in [0.1, 0.15) is 0 Å². The first-order chi connectivity index (χ1) is 8.33. The predicted molar refractivity (Wildman–Crippen MR) is 70.7 cm³/mol. The molecule has 1 saturated heterocycles. The van der Waals surface area contributed by atoms with Gasteiger partial charge in [0.05, 0.1) is 5.75 Å². The highest BCUT2D eigenvalue weighted by atomic mass is 32.2. The molecule has 1 fully saturated rings. The first-order valence-electron chi connectivity index (χ1n) is 6.27. The van der Waals surface area contributed by atoms with E-state index < -0.39 is 10.0 Å². The first-order valence-corrected chi connectivity index (χ1v) is 7.88. The fourth-order valence-electron chi connectivity index (χ4n) is 1.70. The summed E-state index contributed by atoms with van der Waals surface area (Å²) in [4.78, 5) is 13.4. The van der Waals surface area contributed by atoms with E-state index in [4.69, 9.17) is 0 Å². The Hall–Kier alpha value is -0.660. The van der Waals surface area contributed by atoms with Gasteiger partial charge >= 0.3 is 0 Å². The summed E-state index contributed by atoms with van der Waals surface area (Å²) in [6, 6.07) is 0. The lowest BCUT2D eigenvalue weighted by Crippen LogP contribution is -2.48. The van der Waals surface area contributed by atoms with Crippen molar-refractivity contribution >= 4 is 15.9 Å². The van der Waals surface area contributed by atoms with E-state index in [1.54, 1.807) is 13.8 Å². The molecular formula is C11H23N3O3S. The van der Waals surface area contributed by atoms with Crippen LogP contribution in [0.1, 0.15) is 13.8 Å². The average Bonchev–Trinajstić information content (AvgIpc) is 2.29. The fourth-order valence-corrected chi connectivity index (χ4v) is 3.04. The Morgan fingerprint density at radius 2 is 1.78 bits per heavy atom. The summed E-state index contributed by atoms with van der Waals surface area (Å²) in [6.45, 7) is 6.35. The molecule has 0 aliphatic carbocycles. The summed E-state index contributed by atoms with van der Waals surface area (Å²) in [5.41, 5.74) is 0. The van der Waals surface area contributed by atoms with Crippen molar-refractivity contribution in [1.29, 1.82) is 0 Å². The Morgan fingerprint density at radius 3 is 2.28 bits per heavy atom. The fraction of sp³-hybridized carbons (Fsp3) is 0.909. The van der Waals surface area contributed by atoms with Gasteiger partial charge in [0.2, 0.25) is 15.9 Å². The van der Waals surface area contributed by atoms with Crippen LogP contribution in [0.2, 0.25) is 0 Å². The second-order valence-electron chi connectivity index (χ2n) is 4.96. The maximum atomic E-state index is 12.0. The van der Waals surface area contributed by atoms with Gasteiger partial charge in [-0.2, -0.15) is 4.31 Å². The first kappa shape index (κ1) is 15.4. The van der Waals surface area contributed by atoms with Gasteiger partial charge < -0.3 is 10.2 Å². The number of amides is 1. The summed E-state index contributed by atoms with van der Waals surface area (Å²) in [5, 5.41) is 2.63. The Balaban J connectivity index is 2.38. The molecule has 0 aromatic heterocycles. The number of likely N-dealkylation sites (N-methyl/N-ethyl adjacent to an activating group) is 1. The van der Waals surface area contributed by atoms with Crippen molar-refractivity contribution in [3.05, 3.63) is 0 Å². The second kappa shape index (κ2) is 6.49. The second-order valence-corrected chi connectivity index (χ2v) is 7.05. The van der Waals surface area contributed by atoms with E-state index in [1.807, 2.05) is 7.05 Å². The molecule has 18 heavy (non-hydrogen) atoms. The molecule has 0 saturated carbocycles. The van der Waals surface area contributed by atoms with E-state index in [0.29, 0.717) is 13.1 Å². The summed E-state index contributed by atoms with van der Waals surface area (Å²) >= 11 is 0. The van der Waals surface area contributed by atoms with Crippen LogP contribution in [0.4, 0.5) is 0 Å². The topological polar surface area (TPSA) is 69.7 Å². The molecule has 106 valence electrons. The molecule has 0 unspecified atom stereocenters. The zero-order valence-electron chi connectivity index (χ0n) is 11.3. The van der Waals surface area contributed by atoms with Gasteiger partial charge in [-0.05, 0) is 7.05 Å². The molecule has 1 rings (SSSR count). The van der Waals surface area contributed by atoms with Crippen LogP contribution in [-0.2, 0) is 14.8 Å². The number of nitrogens with zero attached hydrogens (tertiary/aromatic N) is 2. The monoisotopic (exact) mass is 277 g/mol. The number of carbonyl (C=O) groups is 1. The molecule has 1 aliphatic heterocycles. The number of nitrogens with one attached hydrogen (secondary N) is 1. The van der Waals surface area contributed by atoms with Crippen molar-refractivity contribution in [2.24, 2.45) is 5.92 Å². The maximum absolute atomic E-state index is 12.0. The predicted octanol–water partition coefficient (Wildman–Crippen LogP) is -0.664. The number of piperazine rings is 1. The van der Waals surface area contributed by atoms with Crippen molar-refractivity contribution in [2.45, 2.75) is 13.8 Å². The molecule has 0 atom stereocenters.